The molecule has 0 N–H and O–H groups in total. The van der Waals surface area contributed by atoms with Crippen LogP contribution in [-0.2, 0) is 0 Å². The fourth-order valence-electron chi connectivity index (χ4n) is 0.415. The van der Waals surface area contributed by atoms with E-state index < -0.39 is 0 Å². The van der Waals surface area contributed by atoms with Gasteiger partial charge >= 0.3 is 18.9 Å². The Bertz CT molecular complexity index is 169. The fourth-order valence-corrected chi connectivity index (χ4v) is 0.560. The van der Waals surface area contributed by atoms with Crippen LogP contribution in [0, 0.1) is 12.8 Å². The van der Waals surface area contributed by atoms with Crippen molar-refractivity contribution >= 4 is 11.6 Å². The summed E-state index contributed by atoms with van der Waals surface area (Å²) in [4.78, 5) is 0. The van der Waals surface area contributed by atoms with Crippen molar-refractivity contribution in [1.82, 2.24) is 0 Å². The summed E-state index contributed by atoms with van der Waals surface area (Å²) in [7, 11) is 0. The van der Waals surface area contributed by atoms with Crippen LogP contribution >= 0.6 is 11.6 Å². The molecule has 10 heavy (non-hydrogen) atoms. The standard InChI is InChI=1S/C6H5Cl.C2H.Li/c7-6-4-2-1-3-5-6;1-2;/h1-5H;1H;/q;-1;+1. The van der Waals surface area contributed by atoms with Crippen molar-refractivity contribution in [2.24, 2.45) is 0 Å². The number of hydrogen-bond donors (Lipinski definition) is 0. The van der Waals surface area contributed by atoms with Gasteiger partial charge in [-0.3, -0.25) is 0 Å². The molecule has 0 aliphatic carbocycles. The van der Waals surface area contributed by atoms with Crippen molar-refractivity contribution in [3.8, 4) is 6.42 Å². The fraction of sp³-hybridized carbons (Fsp3) is 0. The Kier molecular flexibility index (Phi) is 10.7. The third kappa shape index (κ3) is 5.80. The number of hydrogen-bond acceptors (Lipinski definition) is 0. The number of terminal acetylenes is 1. The molecule has 1 aromatic rings. The number of benzene rings is 1. The Labute approximate surface area is 78.8 Å². The average Bonchev–Trinajstić information content (AvgIpc) is 1.94. The van der Waals surface area contributed by atoms with Crippen molar-refractivity contribution in [2.45, 2.75) is 0 Å². The van der Waals surface area contributed by atoms with Gasteiger partial charge in [0.15, 0.2) is 0 Å². The van der Waals surface area contributed by atoms with Gasteiger partial charge in [0.2, 0.25) is 0 Å². The van der Waals surface area contributed by atoms with Gasteiger partial charge in [-0.25, -0.2) is 0 Å². The summed E-state index contributed by atoms with van der Waals surface area (Å²) in [5.74, 6) is 0. The summed E-state index contributed by atoms with van der Waals surface area (Å²) in [5, 5.41) is 0.794. The van der Waals surface area contributed by atoms with Gasteiger partial charge in [-0.2, -0.15) is 0 Å². The first-order valence-electron chi connectivity index (χ1n) is 2.39. The molecule has 0 radical (unpaired) electrons. The Morgan fingerprint density at radius 1 is 1.10 bits per heavy atom. The van der Waals surface area contributed by atoms with Crippen LogP contribution in [0.1, 0.15) is 0 Å². The first-order valence-corrected chi connectivity index (χ1v) is 2.77. The summed E-state index contributed by atoms with van der Waals surface area (Å²) in [6, 6.07) is 9.44. The SMILES string of the molecule is Clc1ccccc1.[C-]#C.[Li+]. The van der Waals surface area contributed by atoms with E-state index in [9.17, 15) is 0 Å². The van der Waals surface area contributed by atoms with E-state index in [1.54, 1.807) is 0 Å². The third-order valence-corrected chi connectivity index (χ3v) is 0.985. The van der Waals surface area contributed by atoms with Crippen molar-refractivity contribution in [1.29, 1.82) is 0 Å². The van der Waals surface area contributed by atoms with Crippen LogP contribution in [0.5, 0.6) is 0 Å². The van der Waals surface area contributed by atoms with E-state index in [-0.39, 0.29) is 18.9 Å². The first kappa shape index (κ1) is 12.4. The van der Waals surface area contributed by atoms with Gasteiger partial charge in [-0.1, -0.05) is 29.8 Å². The second-order valence-corrected chi connectivity index (χ2v) is 1.73. The van der Waals surface area contributed by atoms with Crippen LogP contribution in [0.25, 0.3) is 0 Å². The number of rotatable bonds is 0. The van der Waals surface area contributed by atoms with E-state index in [2.05, 4.69) is 6.42 Å². The third-order valence-electron chi connectivity index (χ3n) is 0.733. The second kappa shape index (κ2) is 8.67. The zero-order valence-electron chi connectivity index (χ0n) is 5.84. The maximum atomic E-state index is 5.54. The van der Waals surface area contributed by atoms with E-state index in [1.165, 1.54) is 0 Å². The molecule has 2 heteroatoms. The van der Waals surface area contributed by atoms with Gasteiger partial charge in [0.1, 0.15) is 0 Å². The van der Waals surface area contributed by atoms with E-state index in [4.69, 9.17) is 18.0 Å². The molecule has 0 amide bonds. The molecule has 0 atom stereocenters. The molecule has 0 nitrogen and oxygen atoms in total. The molecule has 0 saturated carbocycles. The van der Waals surface area contributed by atoms with Crippen LogP contribution < -0.4 is 18.9 Å². The predicted octanol–water partition coefficient (Wildman–Crippen LogP) is -0.450. The molecule has 46 valence electrons. The Morgan fingerprint density at radius 2 is 1.50 bits per heavy atom. The van der Waals surface area contributed by atoms with Gasteiger partial charge in [0.25, 0.3) is 0 Å². The van der Waals surface area contributed by atoms with Gasteiger partial charge in [-0.15, -0.1) is 0 Å². The van der Waals surface area contributed by atoms with Gasteiger partial charge < -0.3 is 12.8 Å². The van der Waals surface area contributed by atoms with Crippen molar-refractivity contribution in [3.63, 3.8) is 0 Å². The van der Waals surface area contributed by atoms with Crippen molar-refractivity contribution in [3.05, 3.63) is 41.8 Å². The summed E-state index contributed by atoms with van der Waals surface area (Å²) in [6.45, 7) is 0. The van der Waals surface area contributed by atoms with Crippen molar-refractivity contribution < 1.29 is 18.9 Å². The monoisotopic (exact) mass is 144 g/mol. The summed E-state index contributed by atoms with van der Waals surface area (Å²) in [6.07, 6.45) is 9.00. The Balaban J connectivity index is 0. The maximum Gasteiger partial charge on any atom is 1.00 e. The normalized spacial score (nSPS) is 6.30. The zero-order valence-corrected chi connectivity index (χ0v) is 6.60. The minimum Gasteiger partial charge on any atom is -0.697 e. The molecule has 0 aliphatic heterocycles. The molecule has 0 bridgehead atoms. The molecule has 1 aromatic carbocycles. The van der Waals surface area contributed by atoms with Crippen LogP contribution in [0.2, 0.25) is 5.02 Å². The van der Waals surface area contributed by atoms with Crippen LogP contribution in [0.3, 0.4) is 0 Å². The molecule has 0 unspecified atom stereocenters. The molecule has 0 heterocycles. The largest absolute Gasteiger partial charge is 1.00 e. The summed E-state index contributed by atoms with van der Waals surface area (Å²) < 4.78 is 0. The van der Waals surface area contributed by atoms with E-state index in [0.29, 0.717) is 0 Å². The van der Waals surface area contributed by atoms with E-state index in [1.807, 2.05) is 30.3 Å². The first-order chi connectivity index (χ1) is 4.39. The van der Waals surface area contributed by atoms with Crippen LogP contribution in [0.4, 0.5) is 0 Å². The van der Waals surface area contributed by atoms with E-state index >= 15 is 0 Å². The molecule has 1 rings (SSSR count). The summed E-state index contributed by atoms with van der Waals surface area (Å²) >= 11 is 5.54. The van der Waals surface area contributed by atoms with Crippen LogP contribution in [0.15, 0.2) is 30.3 Å². The minimum absolute atomic E-state index is 0. The Hall–Kier alpha value is -0.333. The number of halogens is 1. The molecule has 0 aliphatic rings. The van der Waals surface area contributed by atoms with Gasteiger partial charge in [-0.05, 0) is 12.1 Å². The van der Waals surface area contributed by atoms with Crippen LogP contribution in [-0.4, -0.2) is 0 Å². The smallest absolute Gasteiger partial charge is 0.697 e. The molecule has 0 spiro atoms. The topological polar surface area (TPSA) is 0 Å². The zero-order chi connectivity index (χ0) is 7.11. The second-order valence-electron chi connectivity index (χ2n) is 1.30. The van der Waals surface area contributed by atoms with Gasteiger partial charge in [0, 0.05) is 5.02 Å². The molecule has 0 saturated heterocycles. The average molecular weight is 145 g/mol. The molecular weight excluding hydrogens is 138 g/mol. The molecule has 0 aromatic heterocycles. The van der Waals surface area contributed by atoms with Gasteiger partial charge in [0.05, 0.1) is 0 Å². The molecular formula is C8H6ClLi. The van der Waals surface area contributed by atoms with Crippen molar-refractivity contribution in [2.75, 3.05) is 0 Å². The summed E-state index contributed by atoms with van der Waals surface area (Å²) in [5.41, 5.74) is 0. The minimum atomic E-state index is 0. The predicted molar refractivity (Wildman–Crippen MR) is 39.6 cm³/mol. The Morgan fingerprint density at radius 3 is 1.70 bits per heavy atom. The quantitative estimate of drug-likeness (QED) is 0.263. The molecule has 0 fully saturated rings. The maximum absolute atomic E-state index is 5.54. The van der Waals surface area contributed by atoms with E-state index in [0.717, 1.165) is 5.02 Å².